The standard InChI is InChI=1S/C16H22O/c1-13(11-12-17)15-9-5-6-10-16(15)14-7-3-2-4-8-14/h5-6,9-10,12-14H,2-4,7-8,11H2,1H3. The zero-order chi connectivity index (χ0) is 12.1. The third-order valence-corrected chi connectivity index (χ3v) is 4.02. The van der Waals surface area contributed by atoms with Crippen LogP contribution in [-0.4, -0.2) is 6.29 Å². The highest BCUT2D eigenvalue weighted by Crippen LogP contribution is 2.36. The summed E-state index contributed by atoms with van der Waals surface area (Å²) in [5.74, 6) is 1.10. The van der Waals surface area contributed by atoms with Gasteiger partial charge in [-0.1, -0.05) is 50.5 Å². The fourth-order valence-corrected chi connectivity index (χ4v) is 3.02. The molecule has 0 spiro atoms. The second kappa shape index (κ2) is 6.00. The molecule has 1 unspecified atom stereocenters. The van der Waals surface area contributed by atoms with Crippen LogP contribution in [0.1, 0.15) is 68.4 Å². The lowest BCUT2D eigenvalue weighted by molar-refractivity contribution is -0.108. The van der Waals surface area contributed by atoms with E-state index in [1.54, 1.807) is 0 Å². The summed E-state index contributed by atoms with van der Waals surface area (Å²) in [5.41, 5.74) is 2.90. The highest BCUT2D eigenvalue weighted by atomic mass is 16.1. The van der Waals surface area contributed by atoms with Crippen LogP contribution in [0.15, 0.2) is 24.3 Å². The molecule has 1 aromatic carbocycles. The van der Waals surface area contributed by atoms with Crippen LogP contribution in [0.4, 0.5) is 0 Å². The van der Waals surface area contributed by atoms with Crippen molar-refractivity contribution in [1.82, 2.24) is 0 Å². The van der Waals surface area contributed by atoms with Gasteiger partial charge in [0.05, 0.1) is 0 Å². The van der Waals surface area contributed by atoms with Crippen molar-refractivity contribution < 1.29 is 4.79 Å². The molecule has 0 aromatic heterocycles. The van der Waals surface area contributed by atoms with E-state index in [2.05, 4.69) is 31.2 Å². The lowest BCUT2D eigenvalue weighted by atomic mass is 9.79. The predicted octanol–water partition coefficient (Wildman–Crippen LogP) is 4.43. The Kier molecular flexibility index (Phi) is 4.36. The van der Waals surface area contributed by atoms with E-state index in [4.69, 9.17) is 0 Å². The van der Waals surface area contributed by atoms with Gasteiger partial charge >= 0.3 is 0 Å². The molecule has 1 saturated carbocycles. The smallest absolute Gasteiger partial charge is 0.120 e. The van der Waals surface area contributed by atoms with Gasteiger partial charge < -0.3 is 4.79 Å². The Morgan fingerprint density at radius 3 is 2.65 bits per heavy atom. The van der Waals surface area contributed by atoms with Crippen molar-refractivity contribution in [3.8, 4) is 0 Å². The van der Waals surface area contributed by atoms with Gasteiger partial charge in [0.2, 0.25) is 0 Å². The summed E-state index contributed by atoms with van der Waals surface area (Å²) in [6.07, 6.45) is 8.45. The molecule has 17 heavy (non-hydrogen) atoms. The summed E-state index contributed by atoms with van der Waals surface area (Å²) in [7, 11) is 0. The Labute approximate surface area is 104 Å². The Morgan fingerprint density at radius 2 is 1.94 bits per heavy atom. The Bertz CT molecular complexity index is 364. The highest BCUT2D eigenvalue weighted by Gasteiger charge is 2.20. The average Bonchev–Trinajstić information content (AvgIpc) is 2.40. The lowest BCUT2D eigenvalue weighted by Crippen LogP contribution is -2.09. The van der Waals surface area contributed by atoms with Gasteiger partial charge in [-0.2, -0.15) is 0 Å². The summed E-state index contributed by atoms with van der Waals surface area (Å²) >= 11 is 0. The first-order valence-electron chi connectivity index (χ1n) is 6.85. The molecule has 1 fully saturated rings. The van der Waals surface area contributed by atoms with Gasteiger partial charge in [0.1, 0.15) is 6.29 Å². The Morgan fingerprint density at radius 1 is 1.24 bits per heavy atom. The predicted molar refractivity (Wildman–Crippen MR) is 71.4 cm³/mol. The van der Waals surface area contributed by atoms with E-state index in [1.165, 1.54) is 43.2 Å². The first-order valence-corrected chi connectivity index (χ1v) is 6.85. The van der Waals surface area contributed by atoms with E-state index >= 15 is 0 Å². The molecule has 92 valence electrons. The van der Waals surface area contributed by atoms with E-state index in [0.717, 1.165) is 12.2 Å². The van der Waals surface area contributed by atoms with Crippen molar-refractivity contribution in [3.05, 3.63) is 35.4 Å². The highest BCUT2D eigenvalue weighted by molar-refractivity contribution is 5.52. The van der Waals surface area contributed by atoms with Gasteiger partial charge in [0.15, 0.2) is 0 Å². The molecule has 0 aliphatic heterocycles. The zero-order valence-corrected chi connectivity index (χ0v) is 10.7. The van der Waals surface area contributed by atoms with E-state index in [1.807, 2.05) is 0 Å². The van der Waals surface area contributed by atoms with Crippen molar-refractivity contribution >= 4 is 6.29 Å². The number of rotatable bonds is 4. The topological polar surface area (TPSA) is 17.1 Å². The van der Waals surface area contributed by atoms with Crippen LogP contribution in [0.5, 0.6) is 0 Å². The minimum Gasteiger partial charge on any atom is -0.303 e. The van der Waals surface area contributed by atoms with Gasteiger partial charge in [-0.15, -0.1) is 0 Å². The van der Waals surface area contributed by atoms with E-state index in [9.17, 15) is 4.79 Å². The molecule has 2 rings (SSSR count). The average molecular weight is 230 g/mol. The van der Waals surface area contributed by atoms with E-state index in [0.29, 0.717) is 12.3 Å². The van der Waals surface area contributed by atoms with Crippen LogP contribution in [0.25, 0.3) is 0 Å². The van der Waals surface area contributed by atoms with Crippen molar-refractivity contribution in [2.75, 3.05) is 0 Å². The minimum atomic E-state index is 0.366. The minimum absolute atomic E-state index is 0.366. The number of aldehydes is 1. The molecular formula is C16H22O. The van der Waals surface area contributed by atoms with Crippen molar-refractivity contribution in [2.45, 2.75) is 57.3 Å². The number of carbonyl (C=O) groups excluding carboxylic acids is 1. The SMILES string of the molecule is CC(CC=O)c1ccccc1C1CCCCC1. The number of hydrogen-bond donors (Lipinski definition) is 0. The molecule has 1 atom stereocenters. The van der Waals surface area contributed by atoms with Crippen LogP contribution < -0.4 is 0 Å². The Hall–Kier alpha value is -1.11. The van der Waals surface area contributed by atoms with Crippen LogP contribution in [0, 0.1) is 0 Å². The molecule has 1 aliphatic carbocycles. The number of carbonyl (C=O) groups is 1. The van der Waals surface area contributed by atoms with Gasteiger partial charge in [-0.3, -0.25) is 0 Å². The summed E-state index contributed by atoms with van der Waals surface area (Å²) in [4.78, 5) is 10.7. The monoisotopic (exact) mass is 230 g/mol. The molecule has 1 nitrogen and oxygen atoms in total. The van der Waals surface area contributed by atoms with Crippen molar-refractivity contribution in [1.29, 1.82) is 0 Å². The zero-order valence-electron chi connectivity index (χ0n) is 10.7. The van der Waals surface area contributed by atoms with Crippen molar-refractivity contribution in [3.63, 3.8) is 0 Å². The summed E-state index contributed by atoms with van der Waals surface area (Å²) < 4.78 is 0. The fourth-order valence-electron chi connectivity index (χ4n) is 3.02. The summed E-state index contributed by atoms with van der Waals surface area (Å²) in [6, 6.07) is 8.72. The Balaban J connectivity index is 2.22. The second-order valence-electron chi connectivity index (χ2n) is 5.27. The van der Waals surface area contributed by atoms with Crippen LogP contribution in [0.2, 0.25) is 0 Å². The maximum absolute atomic E-state index is 10.7. The largest absolute Gasteiger partial charge is 0.303 e. The van der Waals surface area contributed by atoms with Gasteiger partial charge in [-0.05, 0) is 35.8 Å². The number of benzene rings is 1. The van der Waals surface area contributed by atoms with E-state index in [-0.39, 0.29) is 0 Å². The first kappa shape index (κ1) is 12.3. The molecule has 0 radical (unpaired) electrons. The normalized spacial score (nSPS) is 18.9. The molecule has 0 saturated heterocycles. The van der Waals surface area contributed by atoms with E-state index < -0.39 is 0 Å². The molecule has 1 heteroatoms. The molecule has 1 aromatic rings. The van der Waals surface area contributed by atoms with Crippen molar-refractivity contribution in [2.24, 2.45) is 0 Å². The van der Waals surface area contributed by atoms with Crippen LogP contribution in [-0.2, 0) is 4.79 Å². The maximum atomic E-state index is 10.7. The van der Waals surface area contributed by atoms with Crippen LogP contribution >= 0.6 is 0 Å². The fraction of sp³-hybridized carbons (Fsp3) is 0.562. The summed E-state index contributed by atoms with van der Waals surface area (Å²) in [5, 5.41) is 0. The molecule has 0 heterocycles. The molecule has 0 bridgehead atoms. The third kappa shape index (κ3) is 2.96. The van der Waals surface area contributed by atoms with Gasteiger partial charge in [0, 0.05) is 6.42 Å². The van der Waals surface area contributed by atoms with Gasteiger partial charge in [-0.25, -0.2) is 0 Å². The molecule has 0 N–H and O–H groups in total. The first-order chi connectivity index (χ1) is 8.33. The van der Waals surface area contributed by atoms with Gasteiger partial charge in [0.25, 0.3) is 0 Å². The third-order valence-electron chi connectivity index (χ3n) is 4.02. The molecule has 0 amide bonds. The quantitative estimate of drug-likeness (QED) is 0.699. The number of hydrogen-bond acceptors (Lipinski definition) is 1. The maximum Gasteiger partial charge on any atom is 0.120 e. The lowest BCUT2D eigenvalue weighted by Gasteiger charge is -2.26. The van der Waals surface area contributed by atoms with Crippen LogP contribution in [0.3, 0.4) is 0 Å². The molecule has 1 aliphatic rings. The second-order valence-corrected chi connectivity index (χ2v) is 5.27. The summed E-state index contributed by atoms with van der Waals surface area (Å²) in [6.45, 7) is 2.16. The molecular weight excluding hydrogens is 208 g/mol.